The third-order valence-electron chi connectivity index (χ3n) is 11.3. The molecule has 0 saturated heterocycles. The monoisotopic (exact) mass is 431 g/mol. The van der Waals surface area contributed by atoms with Crippen molar-refractivity contribution in [1.82, 2.24) is 4.90 Å². The van der Waals surface area contributed by atoms with E-state index >= 15 is 0 Å². The number of hydrogen-bond donors (Lipinski definition) is 1. The Morgan fingerprint density at radius 2 is 1.68 bits per heavy atom. The zero-order chi connectivity index (χ0) is 22.6. The minimum atomic E-state index is -0.509. The number of aliphatic carboxylic acids is 1. The molecule has 0 aromatic carbocycles. The van der Waals surface area contributed by atoms with Crippen molar-refractivity contribution in [2.75, 3.05) is 14.1 Å². The van der Waals surface area contributed by atoms with Crippen LogP contribution in [-0.4, -0.2) is 36.0 Å². The van der Waals surface area contributed by atoms with E-state index in [4.69, 9.17) is 0 Å². The van der Waals surface area contributed by atoms with Crippen LogP contribution in [-0.2, 0) is 9.59 Å². The predicted octanol–water partition coefficient (Wildman–Crippen LogP) is 5.99. The number of carboxylic acid groups (broad SMARTS) is 1. The minimum Gasteiger partial charge on any atom is -0.481 e. The molecule has 4 aliphatic carbocycles. The van der Waals surface area contributed by atoms with E-state index in [0.717, 1.165) is 44.4 Å². The van der Waals surface area contributed by atoms with Crippen LogP contribution < -0.4 is 0 Å². The van der Waals surface area contributed by atoms with Gasteiger partial charge in [0.1, 0.15) is 0 Å². The van der Waals surface area contributed by atoms with Gasteiger partial charge in [-0.1, -0.05) is 33.6 Å². The van der Waals surface area contributed by atoms with Crippen LogP contribution >= 0.6 is 0 Å². The first kappa shape index (κ1) is 23.1. The molecule has 0 spiro atoms. The number of carboxylic acids is 1. The Morgan fingerprint density at radius 3 is 2.35 bits per heavy atom. The van der Waals surface area contributed by atoms with E-state index in [-0.39, 0.29) is 11.3 Å². The van der Waals surface area contributed by atoms with E-state index in [0.29, 0.717) is 35.5 Å². The molecule has 1 unspecified atom stereocenters. The normalized spacial score (nSPS) is 45.2. The molecule has 4 nitrogen and oxygen atoms in total. The molecule has 1 amide bonds. The molecule has 0 bridgehead atoms. The minimum absolute atomic E-state index is 0.0246. The van der Waals surface area contributed by atoms with Crippen LogP contribution in [0.25, 0.3) is 0 Å². The van der Waals surface area contributed by atoms with Crippen LogP contribution in [0, 0.1) is 45.8 Å². The van der Waals surface area contributed by atoms with Gasteiger partial charge in [-0.05, 0) is 98.2 Å². The number of carbonyl (C=O) groups excluding carboxylic acids is 1. The molecular weight excluding hydrogens is 386 g/mol. The predicted molar refractivity (Wildman–Crippen MR) is 124 cm³/mol. The Labute approximate surface area is 189 Å². The molecule has 4 heteroatoms. The lowest BCUT2D eigenvalue weighted by molar-refractivity contribution is -0.193. The standard InChI is InChI=1S/C27H45NO3/c1-18(8-11-23(29)28(4)5)20-9-10-21-19-12-17-27(24(30)31)15-7-6-14-26(27,3)22(19)13-16-25(20,21)2/h18-22H,6-17H2,1-5H3,(H,30,31)/t18-,19+,20-,21+,22+,25-,26-,27?/m1/s1. The third-order valence-corrected chi connectivity index (χ3v) is 11.3. The van der Waals surface area contributed by atoms with Crippen LogP contribution in [0.5, 0.6) is 0 Å². The molecule has 0 aromatic rings. The topological polar surface area (TPSA) is 57.6 Å². The lowest BCUT2D eigenvalue weighted by atomic mass is 9.40. The second kappa shape index (κ2) is 8.06. The summed E-state index contributed by atoms with van der Waals surface area (Å²) in [5.41, 5.74) is -0.128. The molecule has 4 aliphatic rings. The highest BCUT2D eigenvalue weighted by Gasteiger charge is 2.66. The number of fused-ring (bicyclic) bond motifs is 5. The fourth-order valence-corrected chi connectivity index (χ4v) is 9.50. The zero-order valence-corrected chi connectivity index (χ0v) is 20.6. The van der Waals surface area contributed by atoms with E-state index < -0.39 is 11.4 Å². The summed E-state index contributed by atoms with van der Waals surface area (Å²) >= 11 is 0. The van der Waals surface area contributed by atoms with Crippen molar-refractivity contribution < 1.29 is 14.7 Å². The largest absolute Gasteiger partial charge is 0.481 e. The SMILES string of the molecule is C[C@H](CCC(=O)N(C)C)[C@H]1CC[C@H]2[C@@H]3CCC4(C(=O)O)CCCC[C@]4(C)[C@H]3CC[C@]12C. The molecule has 0 radical (unpaired) electrons. The summed E-state index contributed by atoms with van der Waals surface area (Å²) in [6, 6.07) is 0. The quantitative estimate of drug-likeness (QED) is 0.581. The Kier molecular flexibility index (Phi) is 6.01. The highest BCUT2D eigenvalue weighted by Crippen LogP contribution is 2.71. The van der Waals surface area contributed by atoms with Gasteiger partial charge in [0, 0.05) is 20.5 Å². The van der Waals surface area contributed by atoms with Gasteiger partial charge in [-0.3, -0.25) is 9.59 Å². The summed E-state index contributed by atoms with van der Waals surface area (Å²) in [6.07, 6.45) is 13.0. The summed E-state index contributed by atoms with van der Waals surface area (Å²) in [7, 11) is 3.71. The summed E-state index contributed by atoms with van der Waals surface area (Å²) in [6.45, 7) is 7.30. The Bertz CT molecular complexity index is 719. The zero-order valence-electron chi connectivity index (χ0n) is 20.6. The molecule has 8 atom stereocenters. The van der Waals surface area contributed by atoms with Gasteiger partial charge in [0.2, 0.25) is 5.91 Å². The van der Waals surface area contributed by atoms with Crippen LogP contribution in [0.2, 0.25) is 0 Å². The van der Waals surface area contributed by atoms with Crippen LogP contribution in [0.1, 0.15) is 97.8 Å². The first-order valence-corrected chi connectivity index (χ1v) is 13.0. The maximum atomic E-state index is 12.6. The second-order valence-electron chi connectivity index (χ2n) is 12.5. The average Bonchev–Trinajstić information content (AvgIpc) is 3.08. The first-order chi connectivity index (χ1) is 14.6. The fraction of sp³-hybridized carbons (Fsp3) is 0.926. The molecule has 0 aliphatic heterocycles. The number of hydrogen-bond acceptors (Lipinski definition) is 2. The summed E-state index contributed by atoms with van der Waals surface area (Å²) in [5, 5.41) is 10.3. The van der Waals surface area contributed by atoms with Gasteiger partial charge in [-0.2, -0.15) is 0 Å². The Hall–Kier alpha value is -1.06. The number of nitrogens with zero attached hydrogens (tertiary/aromatic N) is 1. The smallest absolute Gasteiger partial charge is 0.310 e. The highest BCUT2D eigenvalue weighted by atomic mass is 16.4. The number of carbonyl (C=O) groups is 2. The summed E-state index contributed by atoms with van der Waals surface area (Å²) < 4.78 is 0. The van der Waals surface area contributed by atoms with Gasteiger partial charge < -0.3 is 10.0 Å². The van der Waals surface area contributed by atoms with Gasteiger partial charge >= 0.3 is 5.97 Å². The van der Waals surface area contributed by atoms with E-state index in [2.05, 4.69) is 20.8 Å². The van der Waals surface area contributed by atoms with E-state index in [1.165, 1.54) is 32.1 Å². The van der Waals surface area contributed by atoms with Gasteiger partial charge in [-0.25, -0.2) is 0 Å². The summed E-state index contributed by atoms with van der Waals surface area (Å²) in [5.74, 6) is 3.06. The van der Waals surface area contributed by atoms with Crippen LogP contribution in [0.15, 0.2) is 0 Å². The molecule has 0 heterocycles. The fourth-order valence-electron chi connectivity index (χ4n) is 9.50. The molecule has 31 heavy (non-hydrogen) atoms. The van der Waals surface area contributed by atoms with E-state index in [1.807, 2.05) is 14.1 Å². The molecular formula is C27H45NO3. The van der Waals surface area contributed by atoms with Crippen molar-refractivity contribution >= 4 is 11.9 Å². The van der Waals surface area contributed by atoms with Crippen molar-refractivity contribution in [3.05, 3.63) is 0 Å². The van der Waals surface area contributed by atoms with Gasteiger partial charge in [0.25, 0.3) is 0 Å². The van der Waals surface area contributed by atoms with Gasteiger partial charge in [0.05, 0.1) is 5.41 Å². The number of amides is 1. The van der Waals surface area contributed by atoms with Crippen molar-refractivity contribution in [3.63, 3.8) is 0 Å². The number of rotatable bonds is 5. The van der Waals surface area contributed by atoms with Crippen LogP contribution in [0.4, 0.5) is 0 Å². The maximum absolute atomic E-state index is 12.6. The highest BCUT2D eigenvalue weighted by molar-refractivity contribution is 5.76. The molecule has 4 fully saturated rings. The van der Waals surface area contributed by atoms with Gasteiger partial charge in [0.15, 0.2) is 0 Å². The first-order valence-electron chi connectivity index (χ1n) is 13.0. The molecule has 4 saturated carbocycles. The third kappa shape index (κ3) is 3.37. The van der Waals surface area contributed by atoms with E-state index in [1.54, 1.807) is 4.90 Å². The Morgan fingerprint density at radius 1 is 0.968 bits per heavy atom. The van der Waals surface area contributed by atoms with Gasteiger partial charge in [-0.15, -0.1) is 0 Å². The maximum Gasteiger partial charge on any atom is 0.310 e. The molecule has 4 rings (SSSR count). The Balaban J connectivity index is 1.53. The second-order valence-corrected chi connectivity index (χ2v) is 12.5. The average molecular weight is 432 g/mol. The summed E-state index contributed by atoms with van der Waals surface area (Å²) in [4.78, 5) is 26.4. The van der Waals surface area contributed by atoms with Crippen LogP contribution in [0.3, 0.4) is 0 Å². The molecule has 1 N–H and O–H groups in total. The van der Waals surface area contributed by atoms with Crippen molar-refractivity contribution in [2.24, 2.45) is 45.8 Å². The molecule has 0 aromatic heterocycles. The van der Waals surface area contributed by atoms with Crippen molar-refractivity contribution in [2.45, 2.75) is 97.8 Å². The molecule has 176 valence electrons. The lowest BCUT2D eigenvalue weighted by Crippen LogP contribution is -2.60. The van der Waals surface area contributed by atoms with E-state index in [9.17, 15) is 14.7 Å². The van der Waals surface area contributed by atoms with Crippen molar-refractivity contribution in [1.29, 1.82) is 0 Å². The lowest BCUT2D eigenvalue weighted by Gasteiger charge is -2.64. The van der Waals surface area contributed by atoms with Crippen molar-refractivity contribution in [3.8, 4) is 0 Å².